The maximum atomic E-state index is 5.65. The molecule has 0 atom stereocenters. The summed E-state index contributed by atoms with van der Waals surface area (Å²) >= 11 is 0. The van der Waals surface area contributed by atoms with Gasteiger partial charge in [-0.1, -0.05) is 6.07 Å². The third-order valence-electron chi connectivity index (χ3n) is 1.73. The molecule has 72 valence electrons. The molecule has 1 aromatic carbocycles. The summed E-state index contributed by atoms with van der Waals surface area (Å²) in [6.07, 6.45) is 0.235. The molecule has 0 aliphatic carbocycles. The van der Waals surface area contributed by atoms with E-state index in [2.05, 4.69) is 0 Å². The van der Waals surface area contributed by atoms with Crippen LogP contribution in [0.1, 0.15) is 19.4 Å². The van der Waals surface area contributed by atoms with Crippen molar-refractivity contribution < 1.29 is 4.74 Å². The number of rotatable bonds is 3. The summed E-state index contributed by atoms with van der Waals surface area (Å²) in [5, 5.41) is 0. The molecule has 0 bridgehead atoms. The monoisotopic (exact) mass is 180 g/mol. The molecular formula is C10H16N2O. The van der Waals surface area contributed by atoms with Crippen LogP contribution in [-0.2, 0) is 11.3 Å². The van der Waals surface area contributed by atoms with Gasteiger partial charge in [0, 0.05) is 0 Å². The van der Waals surface area contributed by atoms with Gasteiger partial charge in [0.25, 0.3) is 0 Å². The molecule has 0 aromatic heterocycles. The number of benzene rings is 1. The summed E-state index contributed by atoms with van der Waals surface area (Å²) in [6, 6.07) is 5.57. The van der Waals surface area contributed by atoms with E-state index in [0.29, 0.717) is 18.0 Å². The smallest absolute Gasteiger partial charge is 0.0721 e. The fraction of sp³-hybridized carbons (Fsp3) is 0.400. The van der Waals surface area contributed by atoms with Crippen molar-refractivity contribution in [3.8, 4) is 0 Å². The quantitative estimate of drug-likeness (QED) is 0.697. The third-order valence-corrected chi connectivity index (χ3v) is 1.73. The van der Waals surface area contributed by atoms with E-state index in [1.165, 1.54) is 0 Å². The Bertz CT molecular complexity index is 284. The zero-order valence-corrected chi connectivity index (χ0v) is 8.08. The van der Waals surface area contributed by atoms with Crippen molar-refractivity contribution in [2.24, 2.45) is 0 Å². The highest BCUT2D eigenvalue weighted by Crippen LogP contribution is 2.16. The molecule has 0 spiro atoms. The maximum Gasteiger partial charge on any atom is 0.0721 e. The number of nitrogen functional groups attached to an aromatic ring is 2. The van der Waals surface area contributed by atoms with Gasteiger partial charge in [0.1, 0.15) is 0 Å². The van der Waals surface area contributed by atoms with Gasteiger partial charge in [0.2, 0.25) is 0 Å². The highest BCUT2D eigenvalue weighted by Gasteiger charge is 1.98. The number of hydrogen-bond donors (Lipinski definition) is 2. The van der Waals surface area contributed by atoms with Gasteiger partial charge < -0.3 is 16.2 Å². The lowest BCUT2D eigenvalue weighted by molar-refractivity contribution is 0.0657. The molecule has 3 heteroatoms. The molecule has 1 aromatic rings. The fourth-order valence-electron chi connectivity index (χ4n) is 0.977. The first-order valence-corrected chi connectivity index (χ1v) is 4.35. The lowest BCUT2D eigenvalue weighted by Gasteiger charge is -2.08. The van der Waals surface area contributed by atoms with E-state index in [1.807, 2.05) is 26.0 Å². The van der Waals surface area contributed by atoms with Crippen LogP contribution in [0.2, 0.25) is 0 Å². The van der Waals surface area contributed by atoms with E-state index in [0.717, 1.165) is 5.56 Å². The second kappa shape index (κ2) is 4.14. The van der Waals surface area contributed by atoms with Gasteiger partial charge in [0.15, 0.2) is 0 Å². The number of hydrogen-bond acceptors (Lipinski definition) is 3. The first-order valence-electron chi connectivity index (χ1n) is 4.35. The molecule has 0 unspecified atom stereocenters. The minimum atomic E-state index is 0.235. The van der Waals surface area contributed by atoms with E-state index in [9.17, 15) is 0 Å². The number of anilines is 2. The van der Waals surface area contributed by atoms with Gasteiger partial charge in [-0.25, -0.2) is 0 Å². The van der Waals surface area contributed by atoms with Crippen LogP contribution in [0.25, 0.3) is 0 Å². The van der Waals surface area contributed by atoms with Crippen LogP contribution in [0, 0.1) is 0 Å². The van der Waals surface area contributed by atoms with Gasteiger partial charge in [0.05, 0.1) is 24.1 Å². The first kappa shape index (κ1) is 9.86. The van der Waals surface area contributed by atoms with Gasteiger partial charge in [-0.05, 0) is 31.5 Å². The molecule has 0 saturated carbocycles. The van der Waals surface area contributed by atoms with Crippen molar-refractivity contribution in [1.29, 1.82) is 0 Å². The fourth-order valence-corrected chi connectivity index (χ4v) is 0.977. The molecule has 0 heterocycles. The Balaban J connectivity index is 2.63. The van der Waals surface area contributed by atoms with Gasteiger partial charge in [-0.2, -0.15) is 0 Å². The molecule has 3 nitrogen and oxygen atoms in total. The molecule has 0 amide bonds. The van der Waals surface area contributed by atoms with Crippen LogP contribution in [0.15, 0.2) is 18.2 Å². The lowest BCUT2D eigenvalue weighted by Crippen LogP contribution is -2.03. The van der Waals surface area contributed by atoms with Crippen molar-refractivity contribution in [3.05, 3.63) is 23.8 Å². The Labute approximate surface area is 78.7 Å². The molecule has 4 N–H and O–H groups in total. The molecular weight excluding hydrogens is 164 g/mol. The highest BCUT2D eigenvalue weighted by atomic mass is 16.5. The largest absolute Gasteiger partial charge is 0.397 e. The highest BCUT2D eigenvalue weighted by molar-refractivity contribution is 5.63. The average Bonchev–Trinajstić information content (AvgIpc) is 2.07. The first-order chi connectivity index (χ1) is 6.09. The van der Waals surface area contributed by atoms with E-state index in [1.54, 1.807) is 6.07 Å². The summed E-state index contributed by atoms with van der Waals surface area (Å²) < 4.78 is 5.43. The Morgan fingerprint density at radius 1 is 1.23 bits per heavy atom. The molecule has 0 radical (unpaired) electrons. The van der Waals surface area contributed by atoms with Crippen molar-refractivity contribution in [2.45, 2.75) is 26.6 Å². The van der Waals surface area contributed by atoms with Crippen LogP contribution >= 0.6 is 0 Å². The predicted molar refractivity (Wildman–Crippen MR) is 55.2 cm³/mol. The van der Waals surface area contributed by atoms with Crippen molar-refractivity contribution in [3.63, 3.8) is 0 Å². The van der Waals surface area contributed by atoms with Crippen molar-refractivity contribution in [2.75, 3.05) is 11.5 Å². The minimum Gasteiger partial charge on any atom is -0.397 e. The molecule has 0 fully saturated rings. The van der Waals surface area contributed by atoms with Crippen LogP contribution in [0.4, 0.5) is 11.4 Å². The number of nitrogens with two attached hydrogens (primary N) is 2. The standard InChI is InChI=1S/C10H16N2O/c1-7(2)13-6-8-3-4-9(11)10(12)5-8/h3-5,7H,6,11-12H2,1-2H3. The van der Waals surface area contributed by atoms with Crippen LogP contribution < -0.4 is 11.5 Å². The number of ether oxygens (including phenoxy) is 1. The van der Waals surface area contributed by atoms with Crippen molar-refractivity contribution in [1.82, 2.24) is 0 Å². The van der Waals surface area contributed by atoms with Gasteiger partial charge >= 0.3 is 0 Å². The van der Waals surface area contributed by atoms with Crippen LogP contribution in [0.5, 0.6) is 0 Å². The molecule has 0 saturated heterocycles. The average molecular weight is 180 g/mol. The lowest BCUT2D eigenvalue weighted by atomic mass is 10.2. The Morgan fingerprint density at radius 3 is 2.46 bits per heavy atom. The second-order valence-electron chi connectivity index (χ2n) is 3.32. The minimum absolute atomic E-state index is 0.235. The van der Waals surface area contributed by atoms with Crippen molar-refractivity contribution >= 4 is 11.4 Å². The summed E-state index contributed by atoms with van der Waals surface area (Å²) in [7, 11) is 0. The molecule has 1 rings (SSSR count). The SMILES string of the molecule is CC(C)OCc1ccc(N)c(N)c1. The Kier molecular flexibility index (Phi) is 3.14. The molecule has 13 heavy (non-hydrogen) atoms. The normalized spacial score (nSPS) is 10.7. The Hall–Kier alpha value is -1.22. The summed E-state index contributed by atoms with van der Waals surface area (Å²) in [6.45, 7) is 4.59. The summed E-state index contributed by atoms with van der Waals surface area (Å²) in [5.74, 6) is 0. The predicted octanol–water partition coefficient (Wildman–Crippen LogP) is 1.78. The third kappa shape index (κ3) is 2.95. The zero-order valence-electron chi connectivity index (χ0n) is 8.08. The van der Waals surface area contributed by atoms with Crippen LogP contribution in [0.3, 0.4) is 0 Å². The maximum absolute atomic E-state index is 5.65. The van der Waals surface area contributed by atoms with E-state index < -0.39 is 0 Å². The summed E-state index contributed by atoms with van der Waals surface area (Å²) in [5.41, 5.74) is 13.5. The molecule has 0 aliphatic rings. The Morgan fingerprint density at radius 2 is 1.92 bits per heavy atom. The van der Waals surface area contributed by atoms with E-state index in [-0.39, 0.29) is 6.10 Å². The van der Waals surface area contributed by atoms with E-state index >= 15 is 0 Å². The summed E-state index contributed by atoms with van der Waals surface area (Å²) in [4.78, 5) is 0. The van der Waals surface area contributed by atoms with Crippen LogP contribution in [-0.4, -0.2) is 6.10 Å². The molecule has 0 aliphatic heterocycles. The van der Waals surface area contributed by atoms with Gasteiger partial charge in [-0.3, -0.25) is 0 Å². The van der Waals surface area contributed by atoms with Gasteiger partial charge in [-0.15, -0.1) is 0 Å². The zero-order chi connectivity index (χ0) is 9.84. The van der Waals surface area contributed by atoms with E-state index in [4.69, 9.17) is 16.2 Å². The second-order valence-corrected chi connectivity index (χ2v) is 3.32. The topological polar surface area (TPSA) is 61.3 Å².